The summed E-state index contributed by atoms with van der Waals surface area (Å²) < 4.78 is 7.76. The summed E-state index contributed by atoms with van der Waals surface area (Å²) in [5.41, 5.74) is 21.7. The number of aryl methyl sites for hydroxylation is 1. The average molecular weight is 989 g/mol. The molecule has 3 aliphatic carbocycles. The van der Waals surface area contributed by atoms with Gasteiger partial charge >= 0.3 is 0 Å². The summed E-state index contributed by atoms with van der Waals surface area (Å²) >= 11 is 0. The van der Waals surface area contributed by atoms with Crippen LogP contribution >= 0.6 is 0 Å². The molecular formula is C71H81BN2O. The average Bonchev–Trinajstić information content (AvgIpc) is 3.75. The van der Waals surface area contributed by atoms with Gasteiger partial charge in [-0.05, 0) is 204 Å². The standard InChI is InChI=1S/C71H81BN2O/c1-42-35-60-63-61(36-42)74(58-29-24-44(66(2,3)4)37-51(58)49-22-18-21-48-47-20-17-16-19-43(47)23-27-50(48)49)59-30-25-45(67(5,6)7)38-57(59)72(63)65-64(52-40-55-56(41-62(52)75-65)71(14,15)34-33-70(55,12)13)73(60)46-26-28-53-54(39-46)69(10,11)32-31-68(53,8)9/h16-23,25-28,30,35-36,38-41,44,51,58H,24,29,31-34,37H2,1-15H3. The molecule has 0 radical (unpaired) electrons. The normalized spacial score (nSPS) is 22.2. The first kappa shape index (κ1) is 48.9. The van der Waals surface area contributed by atoms with E-state index in [1.807, 2.05) is 0 Å². The molecule has 4 heteroatoms. The summed E-state index contributed by atoms with van der Waals surface area (Å²) in [5, 5.41) is 6.65. The van der Waals surface area contributed by atoms with Crippen LogP contribution in [0, 0.1) is 18.3 Å². The first-order valence-electron chi connectivity index (χ1n) is 28.9. The van der Waals surface area contributed by atoms with Gasteiger partial charge < -0.3 is 14.2 Å². The largest absolute Gasteiger partial charge is 0.468 e. The molecule has 384 valence electrons. The molecule has 8 aromatic rings. The van der Waals surface area contributed by atoms with Crippen molar-refractivity contribution in [3.8, 4) is 0 Å². The lowest BCUT2D eigenvalue weighted by molar-refractivity contribution is 0.154. The number of rotatable bonds is 3. The molecule has 7 aromatic carbocycles. The molecule has 5 aliphatic rings. The van der Waals surface area contributed by atoms with Gasteiger partial charge in [-0.1, -0.05) is 170 Å². The van der Waals surface area contributed by atoms with E-state index in [2.05, 4.69) is 229 Å². The lowest BCUT2D eigenvalue weighted by Crippen LogP contribution is -2.63. The Hall–Kier alpha value is -5.74. The van der Waals surface area contributed by atoms with Gasteiger partial charge in [0.15, 0.2) is 0 Å². The van der Waals surface area contributed by atoms with E-state index >= 15 is 0 Å². The molecule has 3 heterocycles. The van der Waals surface area contributed by atoms with Crippen molar-refractivity contribution in [3.63, 3.8) is 0 Å². The molecule has 1 saturated carbocycles. The molecule has 13 rings (SSSR count). The van der Waals surface area contributed by atoms with E-state index in [1.54, 1.807) is 0 Å². The third kappa shape index (κ3) is 7.40. The first-order chi connectivity index (χ1) is 35.3. The molecule has 3 unspecified atom stereocenters. The van der Waals surface area contributed by atoms with Crippen molar-refractivity contribution in [2.24, 2.45) is 11.3 Å². The molecule has 2 aliphatic heterocycles. The van der Waals surface area contributed by atoms with E-state index < -0.39 is 0 Å². The maximum absolute atomic E-state index is 7.76. The zero-order valence-corrected chi connectivity index (χ0v) is 48.0. The van der Waals surface area contributed by atoms with Crippen molar-refractivity contribution in [2.75, 3.05) is 9.80 Å². The monoisotopic (exact) mass is 989 g/mol. The Morgan fingerprint density at radius 2 is 1.21 bits per heavy atom. The smallest absolute Gasteiger partial charge is 0.297 e. The molecule has 0 amide bonds. The van der Waals surface area contributed by atoms with Gasteiger partial charge in [0.05, 0.1) is 11.3 Å². The fourth-order valence-electron chi connectivity index (χ4n) is 15.5. The summed E-state index contributed by atoms with van der Waals surface area (Å²) in [6.45, 7) is 36.6. The van der Waals surface area contributed by atoms with Crippen molar-refractivity contribution in [1.82, 2.24) is 0 Å². The zero-order valence-electron chi connectivity index (χ0n) is 48.0. The first-order valence-corrected chi connectivity index (χ1v) is 28.9. The topological polar surface area (TPSA) is 19.6 Å². The minimum Gasteiger partial charge on any atom is -0.468 e. The highest BCUT2D eigenvalue weighted by Gasteiger charge is 2.51. The molecule has 0 N–H and O–H groups in total. The minimum atomic E-state index is -0.0952. The number of hydrogen-bond acceptors (Lipinski definition) is 3. The molecular weight excluding hydrogens is 908 g/mol. The molecule has 1 fully saturated rings. The molecule has 0 bridgehead atoms. The van der Waals surface area contributed by atoms with Crippen LogP contribution in [0.25, 0.3) is 32.5 Å². The number of benzene rings is 7. The molecule has 3 nitrogen and oxygen atoms in total. The van der Waals surface area contributed by atoms with Crippen LogP contribution in [0.4, 0.5) is 28.4 Å². The Labute approximate surface area is 449 Å². The van der Waals surface area contributed by atoms with E-state index in [9.17, 15) is 0 Å². The van der Waals surface area contributed by atoms with E-state index in [-0.39, 0.29) is 45.2 Å². The molecule has 0 saturated heterocycles. The lowest BCUT2D eigenvalue weighted by atomic mass is 9.35. The van der Waals surface area contributed by atoms with Crippen LogP contribution in [0.5, 0.6) is 0 Å². The second-order valence-corrected chi connectivity index (χ2v) is 29.1. The predicted molar refractivity (Wildman–Crippen MR) is 323 cm³/mol. The zero-order chi connectivity index (χ0) is 52.7. The van der Waals surface area contributed by atoms with Crippen LogP contribution in [0.2, 0.25) is 0 Å². The third-order valence-corrected chi connectivity index (χ3v) is 20.4. The van der Waals surface area contributed by atoms with Gasteiger partial charge in [-0.3, -0.25) is 0 Å². The van der Waals surface area contributed by atoms with Crippen molar-refractivity contribution >= 4 is 84.2 Å². The lowest BCUT2D eigenvalue weighted by Gasteiger charge is -2.51. The van der Waals surface area contributed by atoms with Crippen LogP contribution in [-0.4, -0.2) is 12.8 Å². The van der Waals surface area contributed by atoms with Crippen LogP contribution in [0.3, 0.4) is 0 Å². The Morgan fingerprint density at radius 1 is 0.560 bits per heavy atom. The highest BCUT2D eigenvalue weighted by atomic mass is 16.3. The molecule has 0 spiro atoms. The third-order valence-electron chi connectivity index (χ3n) is 20.4. The quantitative estimate of drug-likeness (QED) is 0.130. The summed E-state index contributed by atoms with van der Waals surface area (Å²) in [4.78, 5) is 5.58. The van der Waals surface area contributed by atoms with E-state index in [0.29, 0.717) is 11.8 Å². The summed E-state index contributed by atoms with van der Waals surface area (Å²) in [7, 11) is 0. The second kappa shape index (κ2) is 16.2. The van der Waals surface area contributed by atoms with Gasteiger partial charge in [0, 0.05) is 40.1 Å². The van der Waals surface area contributed by atoms with Crippen molar-refractivity contribution in [1.29, 1.82) is 0 Å². The van der Waals surface area contributed by atoms with Gasteiger partial charge in [0.1, 0.15) is 5.58 Å². The van der Waals surface area contributed by atoms with Gasteiger partial charge in [-0.15, -0.1) is 0 Å². The Kier molecular flexibility index (Phi) is 10.5. The number of fused-ring (bicyclic) bond motifs is 11. The van der Waals surface area contributed by atoms with Crippen LogP contribution in [-0.2, 0) is 27.1 Å². The van der Waals surface area contributed by atoms with Crippen molar-refractivity contribution in [3.05, 3.63) is 154 Å². The molecule has 1 aromatic heterocycles. The Morgan fingerprint density at radius 3 is 1.92 bits per heavy atom. The Balaban J connectivity index is 1.11. The fraction of sp³-hybridized carbons (Fsp3) is 0.437. The predicted octanol–water partition coefficient (Wildman–Crippen LogP) is 17.8. The highest BCUT2D eigenvalue weighted by Crippen LogP contribution is 2.55. The summed E-state index contributed by atoms with van der Waals surface area (Å²) in [6.07, 6.45) is 8.13. The van der Waals surface area contributed by atoms with E-state index in [4.69, 9.17) is 4.42 Å². The molecule has 3 atom stereocenters. The fourth-order valence-corrected chi connectivity index (χ4v) is 15.5. The van der Waals surface area contributed by atoms with Gasteiger partial charge in [0.25, 0.3) is 6.71 Å². The van der Waals surface area contributed by atoms with Gasteiger partial charge in [0.2, 0.25) is 0 Å². The molecule has 75 heavy (non-hydrogen) atoms. The summed E-state index contributed by atoms with van der Waals surface area (Å²) in [5.74, 6) is 0.884. The van der Waals surface area contributed by atoms with E-state index in [1.165, 1.54) is 131 Å². The van der Waals surface area contributed by atoms with Crippen LogP contribution in [0.1, 0.15) is 187 Å². The number of nitrogens with zero attached hydrogens (tertiary/aromatic N) is 2. The SMILES string of the molecule is Cc1cc2c3c(c1)N(C1CCC(C(C)(C)C)CC1c1cccc4c1ccc1ccccc14)c1ccc(C(C)(C)C)cc1B3c1oc3cc4c(cc3c1N2c1ccc2c(c1)C(C)(C)CCC2(C)C)C(C)(C)CCC4(C)C. The minimum absolute atomic E-state index is 0.0467. The van der Waals surface area contributed by atoms with Gasteiger partial charge in [-0.25, -0.2) is 0 Å². The van der Waals surface area contributed by atoms with Crippen molar-refractivity contribution in [2.45, 2.75) is 188 Å². The number of anilines is 5. The van der Waals surface area contributed by atoms with Crippen LogP contribution in [0.15, 0.2) is 120 Å². The van der Waals surface area contributed by atoms with Crippen molar-refractivity contribution < 1.29 is 4.42 Å². The highest BCUT2D eigenvalue weighted by molar-refractivity contribution is 6.99. The number of hydrogen-bond donors (Lipinski definition) is 0. The van der Waals surface area contributed by atoms with Gasteiger partial charge in [-0.2, -0.15) is 0 Å². The van der Waals surface area contributed by atoms with Crippen LogP contribution < -0.4 is 26.4 Å². The Bertz CT molecular complexity index is 3680. The maximum Gasteiger partial charge on any atom is 0.297 e. The maximum atomic E-state index is 7.76. The number of furan rings is 1. The van der Waals surface area contributed by atoms with E-state index in [0.717, 1.165) is 30.5 Å². The summed E-state index contributed by atoms with van der Waals surface area (Å²) in [6, 6.07) is 46.5. The second-order valence-electron chi connectivity index (χ2n) is 29.1.